The SMILES string of the molecule is Cc1sc2c(c1C)C(c1ccc(Nc3ccc(C#N)cc3)cc1)=N[C@@H](C(C)C(=O)O)c1nnc(C)n1-2. The lowest BCUT2D eigenvalue weighted by Gasteiger charge is -2.16. The summed E-state index contributed by atoms with van der Waals surface area (Å²) in [6, 6.07) is 16.6. The first kappa shape index (κ1) is 23.5. The van der Waals surface area contributed by atoms with Crippen LogP contribution in [0.3, 0.4) is 0 Å². The van der Waals surface area contributed by atoms with Crippen LogP contribution in [0.1, 0.15) is 51.7 Å². The summed E-state index contributed by atoms with van der Waals surface area (Å²) in [6.45, 7) is 7.68. The van der Waals surface area contributed by atoms with Crippen LogP contribution in [0.15, 0.2) is 53.5 Å². The van der Waals surface area contributed by atoms with Crippen molar-refractivity contribution in [2.24, 2.45) is 10.9 Å². The van der Waals surface area contributed by atoms with Crippen LogP contribution >= 0.6 is 11.3 Å². The Morgan fingerprint density at radius 3 is 2.33 bits per heavy atom. The first-order chi connectivity index (χ1) is 17.3. The fraction of sp³-hybridized carbons (Fsp3) is 0.222. The van der Waals surface area contributed by atoms with Gasteiger partial charge in [0.2, 0.25) is 0 Å². The maximum absolute atomic E-state index is 12.0. The Morgan fingerprint density at radius 2 is 1.72 bits per heavy atom. The highest BCUT2D eigenvalue weighted by atomic mass is 32.1. The van der Waals surface area contributed by atoms with E-state index in [2.05, 4.69) is 35.4 Å². The summed E-state index contributed by atoms with van der Waals surface area (Å²) < 4.78 is 1.96. The molecule has 0 bridgehead atoms. The van der Waals surface area contributed by atoms with E-state index in [4.69, 9.17) is 10.3 Å². The van der Waals surface area contributed by atoms with Gasteiger partial charge >= 0.3 is 5.97 Å². The molecule has 0 saturated heterocycles. The Bertz CT molecular complexity index is 1540. The Labute approximate surface area is 212 Å². The minimum atomic E-state index is -0.935. The van der Waals surface area contributed by atoms with Crippen molar-refractivity contribution in [3.63, 3.8) is 0 Å². The number of benzene rings is 2. The molecule has 0 radical (unpaired) electrons. The molecular weight excluding hydrogens is 472 g/mol. The molecule has 8 nitrogen and oxygen atoms in total. The summed E-state index contributed by atoms with van der Waals surface area (Å²) in [6.07, 6.45) is 0. The number of nitriles is 1. The fourth-order valence-corrected chi connectivity index (χ4v) is 5.54. The Kier molecular flexibility index (Phi) is 5.90. The van der Waals surface area contributed by atoms with E-state index in [-0.39, 0.29) is 0 Å². The van der Waals surface area contributed by atoms with Gasteiger partial charge in [-0.1, -0.05) is 12.1 Å². The van der Waals surface area contributed by atoms with Crippen molar-refractivity contribution in [2.45, 2.75) is 33.7 Å². The molecule has 1 aliphatic rings. The monoisotopic (exact) mass is 496 g/mol. The van der Waals surface area contributed by atoms with Gasteiger partial charge in [-0.2, -0.15) is 5.26 Å². The standard InChI is InChI=1S/C27H24N6O2S/c1-14-16(3)36-26-22(14)24(30-23(15(2)27(34)35)25-32-31-17(4)33(25)26)19-7-11-21(12-8-19)29-20-9-5-18(13-28)6-10-20/h5-12,15,23,29H,1-4H3,(H,34,35)/t15?,23-/m0/s1. The van der Waals surface area contributed by atoms with E-state index in [0.29, 0.717) is 17.2 Å². The number of hydrogen-bond acceptors (Lipinski definition) is 7. The molecule has 0 amide bonds. The molecular formula is C27H24N6O2S. The van der Waals surface area contributed by atoms with E-state index >= 15 is 0 Å². The van der Waals surface area contributed by atoms with Gasteiger partial charge in [-0.25, -0.2) is 0 Å². The Balaban J connectivity index is 1.60. The second-order valence-corrected chi connectivity index (χ2v) is 10.0. The van der Waals surface area contributed by atoms with Crippen LogP contribution in [0.25, 0.3) is 5.00 Å². The quantitative estimate of drug-likeness (QED) is 0.378. The first-order valence-corrected chi connectivity index (χ1v) is 12.3. The number of rotatable bonds is 5. The summed E-state index contributed by atoms with van der Waals surface area (Å²) in [5.74, 6) is -0.474. The molecule has 4 aromatic rings. The van der Waals surface area contributed by atoms with Crippen molar-refractivity contribution in [3.05, 3.63) is 87.3 Å². The zero-order valence-corrected chi connectivity index (χ0v) is 21.1. The molecule has 180 valence electrons. The number of aryl methyl sites for hydroxylation is 2. The van der Waals surface area contributed by atoms with E-state index in [9.17, 15) is 9.90 Å². The number of carbonyl (C=O) groups is 1. The van der Waals surface area contributed by atoms with Crippen LogP contribution in [-0.4, -0.2) is 31.6 Å². The van der Waals surface area contributed by atoms with Crippen molar-refractivity contribution in [3.8, 4) is 11.1 Å². The van der Waals surface area contributed by atoms with Gasteiger partial charge in [-0.05, 0) is 69.7 Å². The van der Waals surface area contributed by atoms with Gasteiger partial charge in [0.05, 0.1) is 23.3 Å². The summed E-state index contributed by atoms with van der Waals surface area (Å²) in [5, 5.41) is 31.8. The molecule has 3 heterocycles. The highest BCUT2D eigenvalue weighted by Crippen LogP contribution is 2.40. The average molecular weight is 497 g/mol. The molecule has 1 aliphatic heterocycles. The summed E-state index contributed by atoms with van der Waals surface area (Å²) in [5.41, 5.74) is 6.10. The average Bonchev–Trinajstić information content (AvgIpc) is 3.34. The van der Waals surface area contributed by atoms with Gasteiger partial charge in [-0.15, -0.1) is 21.5 Å². The second kappa shape index (κ2) is 9.06. The van der Waals surface area contributed by atoms with E-state index < -0.39 is 17.9 Å². The molecule has 2 aromatic heterocycles. The van der Waals surface area contributed by atoms with Crippen molar-refractivity contribution in [1.29, 1.82) is 5.26 Å². The number of nitrogens with one attached hydrogen (secondary N) is 1. The summed E-state index contributed by atoms with van der Waals surface area (Å²) in [7, 11) is 0. The predicted octanol–water partition coefficient (Wildman–Crippen LogP) is 5.48. The molecule has 5 rings (SSSR count). The second-order valence-electron chi connectivity index (χ2n) is 8.85. The number of aromatic nitrogens is 3. The van der Waals surface area contributed by atoms with E-state index in [1.54, 1.807) is 30.4 Å². The molecule has 0 fully saturated rings. The normalized spacial score (nSPS) is 15.2. The summed E-state index contributed by atoms with van der Waals surface area (Å²) in [4.78, 5) is 18.2. The van der Waals surface area contributed by atoms with Crippen LogP contribution in [-0.2, 0) is 4.79 Å². The van der Waals surface area contributed by atoms with Crippen LogP contribution in [0.4, 0.5) is 11.4 Å². The number of carboxylic acids is 1. The van der Waals surface area contributed by atoms with Gasteiger partial charge < -0.3 is 10.4 Å². The maximum Gasteiger partial charge on any atom is 0.308 e. The first-order valence-electron chi connectivity index (χ1n) is 11.5. The van der Waals surface area contributed by atoms with Gasteiger partial charge in [0.15, 0.2) is 5.82 Å². The number of nitrogens with zero attached hydrogens (tertiary/aromatic N) is 5. The zero-order valence-electron chi connectivity index (χ0n) is 20.3. The zero-order chi connectivity index (χ0) is 25.6. The molecule has 2 N–H and O–H groups in total. The molecule has 9 heteroatoms. The third-order valence-electron chi connectivity index (χ3n) is 6.51. The Hall–Kier alpha value is -4.29. The van der Waals surface area contributed by atoms with Crippen LogP contribution < -0.4 is 5.32 Å². The van der Waals surface area contributed by atoms with Crippen molar-refractivity contribution in [2.75, 3.05) is 5.32 Å². The van der Waals surface area contributed by atoms with Crippen LogP contribution in [0.5, 0.6) is 0 Å². The third-order valence-corrected chi connectivity index (χ3v) is 7.71. The lowest BCUT2D eigenvalue weighted by Crippen LogP contribution is -2.21. The summed E-state index contributed by atoms with van der Waals surface area (Å²) >= 11 is 1.64. The minimum absolute atomic E-state index is 0.541. The molecule has 2 atom stereocenters. The predicted molar refractivity (Wildman–Crippen MR) is 140 cm³/mol. The van der Waals surface area contributed by atoms with Gasteiger partial charge in [0.25, 0.3) is 0 Å². The number of hydrogen-bond donors (Lipinski definition) is 2. The molecule has 1 unspecified atom stereocenters. The van der Waals surface area contributed by atoms with Crippen molar-refractivity contribution >= 4 is 34.4 Å². The molecule has 2 aromatic carbocycles. The lowest BCUT2D eigenvalue weighted by molar-refractivity contribution is -0.141. The highest BCUT2D eigenvalue weighted by Gasteiger charge is 2.36. The smallest absolute Gasteiger partial charge is 0.308 e. The number of carboxylic acid groups (broad SMARTS) is 1. The molecule has 0 spiro atoms. The highest BCUT2D eigenvalue weighted by molar-refractivity contribution is 7.15. The number of thiophene rings is 1. The topological polar surface area (TPSA) is 116 Å². The third kappa shape index (κ3) is 3.95. The van der Waals surface area contributed by atoms with E-state index in [1.165, 1.54) is 0 Å². The van der Waals surface area contributed by atoms with Crippen LogP contribution in [0, 0.1) is 38.0 Å². The molecule has 0 saturated carbocycles. The van der Waals surface area contributed by atoms with Crippen molar-refractivity contribution in [1.82, 2.24) is 14.8 Å². The maximum atomic E-state index is 12.0. The van der Waals surface area contributed by atoms with E-state index in [0.717, 1.165) is 43.7 Å². The van der Waals surface area contributed by atoms with Crippen LogP contribution in [0.2, 0.25) is 0 Å². The Morgan fingerprint density at radius 1 is 1.08 bits per heavy atom. The van der Waals surface area contributed by atoms with Gasteiger partial charge in [0.1, 0.15) is 16.9 Å². The van der Waals surface area contributed by atoms with Gasteiger partial charge in [-0.3, -0.25) is 14.4 Å². The van der Waals surface area contributed by atoms with E-state index in [1.807, 2.05) is 47.9 Å². The molecule has 36 heavy (non-hydrogen) atoms. The number of aliphatic imine (C=N–C) groups is 1. The van der Waals surface area contributed by atoms with Gasteiger partial charge in [0, 0.05) is 27.4 Å². The largest absolute Gasteiger partial charge is 0.481 e. The lowest BCUT2D eigenvalue weighted by atomic mass is 9.98. The minimum Gasteiger partial charge on any atom is -0.481 e. The molecule has 0 aliphatic carbocycles. The van der Waals surface area contributed by atoms with Crippen molar-refractivity contribution < 1.29 is 9.90 Å². The number of fused-ring (bicyclic) bond motifs is 3. The number of aliphatic carboxylic acids is 1. The fourth-order valence-electron chi connectivity index (χ4n) is 4.32. The number of anilines is 2.